The number of aryl methyl sites for hydroxylation is 1. The van der Waals surface area contributed by atoms with Gasteiger partial charge in [0.25, 0.3) is 0 Å². The number of amides is 2. The first-order chi connectivity index (χ1) is 13.4. The second kappa shape index (κ2) is 7.63. The van der Waals surface area contributed by atoms with Crippen LogP contribution in [-0.2, 0) is 16.2 Å². The summed E-state index contributed by atoms with van der Waals surface area (Å²) in [6, 6.07) is 12.1. The maximum atomic E-state index is 12.2. The predicted molar refractivity (Wildman–Crippen MR) is 110 cm³/mol. The van der Waals surface area contributed by atoms with Crippen LogP contribution in [0.25, 0.3) is 0 Å². The Balaban J connectivity index is 1.40. The van der Waals surface area contributed by atoms with Crippen molar-refractivity contribution in [1.29, 1.82) is 0 Å². The Morgan fingerprint density at radius 3 is 2.54 bits per heavy atom. The number of rotatable bonds is 6. The molecule has 1 saturated carbocycles. The Bertz CT molecular complexity index is 908. The molecule has 4 rings (SSSR count). The summed E-state index contributed by atoms with van der Waals surface area (Å²) < 4.78 is 7.15. The normalized spacial score (nSPS) is 20.5. The van der Waals surface area contributed by atoms with Crippen LogP contribution >= 0.6 is 9.39 Å². The van der Waals surface area contributed by atoms with E-state index in [9.17, 15) is 9.59 Å². The number of hydrogen-bond acceptors (Lipinski definition) is 4. The van der Waals surface area contributed by atoms with Gasteiger partial charge in [-0.1, -0.05) is 31.2 Å². The third-order valence-corrected chi connectivity index (χ3v) is 6.22. The summed E-state index contributed by atoms with van der Waals surface area (Å²) in [4.78, 5) is 28.6. The largest absolute Gasteiger partial charge is 0.489 e. The van der Waals surface area contributed by atoms with E-state index in [0.29, 0.717) is 12.5 Å². The molecule has 6 heteroatoms. The summed E-state index contributed by atoms with van der Waals surface area (Å²) in [6.07, 6.45) is 2.72. The molecule has 1 aromatic carbocycles. The van der Waals surface area contributed by atoms with E-state index in [0.717, 1.165) is 32.9 Å². The summed E-state index contributed by atoms with van der Waals surface area (Å²) in [5.41, 5.74) is 4.26. The average Bonchev–Trinajstić information content (AvgIpc) is 3.50. The number of benzene rings is 1. The monoisotopic (exact) mass is 396 g/mol. The van der Waals surface area contributed by atoms with Crippen molar-refractivity contribution in [2.75, 3.05) is 0 Å². The topological polar surface area (TPSA) is 59.5 Å². The fourth-order valence-electron chi connectivity index (χ4n) is 3.72. The fraction of sp³-hybridized carbons (Fsp3) is 0.409. The molecule has 1 aliphatic carbocycles. The van der Waals surface area contributed by atoms with Gasteiger partial charge in [0.2, 0.25) is 11.8 Å². The minimum atomic E-state index is -0.285. The maximum Gasteiger partial charge on any atom is 0.236 e. The van der Waals surface area contributed by atoms with E-state index in [1.54, 1.807) is 0 Å². The first kappa shape index (κ1) is 19.1. The zero-order valence-electron chi connectivity index (χ0n) is 16.2. The van der Waals surface area contributed by atoms with Gasteiger partial charge in [0.1, 0.15) is 12.4 Å². The van der Waals surface area contributed by atoms with Gasteiger partial charge in [-0.05, 0) is 46.2 Å². The van der Waals surface area contributed by atoms with E-state index >= 15 is 0 Å². The van der Waals surface area contributed by atoms with Gasteiger partial charge in [-0.25, -0.2) is 0 Å². The van der Waals surface area contributed by atoms with E-state index in [1.807, 2.05) is 44.2 Å². The van der Waals surface area contributed by atoms with Gasteiger partial charge in [0, 0.05) is 35.9 Å². The number of imide groups is 1. The Morgan fingerprint density at radius 1 is 1.21 bits per heavy atom. The molecule has 28 heavy (non-hydrogen) atoms. The van der Waals surface area contributed by atoms with Gasteiger partial charge < -0.3 is 4.74 Å². The highest BCUT2D eigenvalue weighted by molar-refractivity contribution is 7.16. The number of hydrogen-bond donors (Lipinski definition) is 0. The lowest BCUT2D eigenvalue weighted by molar-refractivity contribution is -0.133. The molecule has 1 aromatic heterocycles. The van der Waals surface area contributed by atoms with Gasteiger partial charge in [0.15, 0.2) is 0 Å². The molecule has 2 heterocycles. The lowest BCUT2D eigenvalue weighted by atomic mass is 9.86. The van der Waals surface area contributed by atoms with E-state index in [4.69, 9.17) is 4.74 Å². The molecule has 3 atom stereocenters. The first-order valence-electron chi connectivity index (χ1n) is 9.74. The first-order valence-corrected chi connectivity index (χ1v) is 10.3. The second-order valence-corrected chi connectivity index (χ2v) is 8.39. The molecule has 0 radical (unpaired) electrons. The number of aromatic nitrogens is 1. The highest BCUT2D eigenvalue weighted by atomic mass is 31.0. The molecule has 1 aliphatic heterocycles. The Morgan fingerprint density at radius 2 is 1.93 bits per heavy atom. The summed E-state index contributed by atoms with van der Waals surface area (Å²) in [7, 11) is 2.22. The minimum absolute atomic E-state index is 0.000848. The number of carbonyl (C=O) groups excluding carboxylic acids is 2. The molecular formula is C22H25N2O3P. The van der Waals surface area contributed by atoms with Crippen LogP contribution in [0.4, 0.5) is 0 Å². The van der Waals surface area contributed by atoms with Crippen molar-refractivity contribution < 1.29 is 14.3 Å². The third-order valence-electron chi connectivity index (χ3n) is 5.67. The van der Waals surface area contributed by atoms with E-state index in [1.165, 1.54) is 12.8 Å². The number of pyridine rings is 1. The van der Waals surface area contributed by atoms with Crippen LogP contribution in [-0.4, -0.2) is 21.5 Å². The summed E-state index contributed by atoms with van der Waals surface area (Å²) >= 11 is 0. The van der Waals surface area contributed by atoms with Crippen LogP contribution < -0.4 is 4.74 Å². The van der Waals surface area contributed by atoms with Crippen LogP contribution in [0.2, 0.25) is 0 Å². The van der Waals surface area contributed by atoms with Crippen molar-refractivity contribution in [3.63, 3.8) is 0 Å². The molecule has 2 fully saturated rings. The minimum Gasteiger partial charge on any atom is -0.489 e. The van der Waals surface area contributed by atoms with Gasteiger partial charge >= 0.3 is 0 Å². The molecule has 146 valence electrons. The molecule has 0 N–H and O–H groups in total. The predicted octanol–water partition coefficient (Wildman–Crippen LogP) is 4.12. The van der Waals surface area contributed by atoms with Crippen molar-refractivity contribution in [2.24, 2.45) is 5.92 Å². The SMILES string of the molecule is Cc1cc(OCc2ccc(C(C)C3CC(=O)N(P)C3=O)cc2)cc(C2CC2)n1. The van der Waals surface area contributed by atoms with Crippen LogP contribution in [0.15, 0.2) is 36.4 Å². The molecule has 0 bridgehead atoms. The number of nitrogens with zero attached hydrogens (tertiary/aromatic N) is 2. The van der Waals surface area contributed by atoms with E-state index < -0.39 is 0 Å². The van der Waals surface area contributed by atoms with Gasteiger partial charge in [0.05, 0.1) is 5.92 Å². The quantitative estimate of drug-likeness (QED) is 0.545. The molecule has 2 amide bonds. The van der Waals surface area contributed by atoms with Crippen molar-refractivity contribution in [2.45, 2.75) is 51.6 Å². The van der Waals surface area contributed by atoms with Crippen molar-refractivity contribution in [3.05, 3.63) is 58.9 Å². The highest BCUT2D eigenvalue weighted by Crippen LogP contribution is 2.40. The second-order valence-electron chi connectivity index (χ2n) is 7.87. The zero-order valence-corrected chi connectivity index (χ0v) is 17.4. The maximum absolute atomic E-state index is 12.2. The van der Waals surface area contributed by atoms with Crippen molar-refractivity contribution >= 4 is 21.2 Å². The van der Waals surface area contributed by atoms with E-state index in [2.05, 4.69) is 20.4 Å². The highest BCUT2D eigenvalue weighted by Gasteiger charge is 2.39. The molecule has 2 aromatic rings. The van der Waals surface area contributed by atoms with Gasteiger partial charge in [-0.15, -0.1) is 0 Å². The molecular weight excluding hydrogens is 371 g/mol. The lowest BCUT2D eigenvalue weighted by Gasteiger charge is -2.18. The Hall–Kier alpha value is -2.26. The number of carbonyl (C=O) groups is 2. The van der Waals surface area contributed by atoms with E-state index in [-0.39, 0.29) is 30.1 Å². The fourth-order valence-corrected chi connectivity index (χ4v) is 4.01. The smallest absolute Gasteiger partial charge is 0.236 e. The third kappa shape index (κ3) is 3.95. The molecule has 0 spiro atoms. The van der Waals surface area contributed by atoms with Gasteiger partial charge in [-0.3, -0.25) is 19.2 Å². The number of ether oxygens (including phenoxy) is 1. The van der Waals surface area contributed by atoms with Crippen molar-refractivity contribution in [3.8, 4) is 5.75 Å². The van der Waals surface area contributed by atoms with Crippen LogP contribution in [0.3, 0.4) is 0 Å². The molecule has 1 saturated heterocycles. The summed E-state index contributed by atoms with van der Waals surface area (Å²) in [5.74, 6) is 0.936. The lowest BCUT2D eigenvalue weighted by Crippen LogP contribution is -2.22. The Kier molecular flexibility index (Phi) is 5.20. The summed E-state index contributed by atoms with van der Waals surface area (Å²) in [5, 5.41) is 0. The summed E-state index contributed by atoms with van der Waals surface area (Å²) in [6.45, 7) is 4.49. The van der Waals surface area contributed by atoms with Crippen LogP contribution in [0.5, 0.6) is 5.75 Å². The Labute approximate surface area is 167 Å². The average molecular weight is 396 g/mol. The molecule has 5 nitrogen and oxygen atoms in total. The van der Waals surface area contributed by atoms with Crippen molar-refractivity contribution in [1.82, 2.24) is 9.65 Å². The molecule has 3 unspecified atom stereocenters. The molecule has 2 aliphatic rings. The standard InChI is InChI=1S/C22H25N2O3P/c1-13-9-18(10-20(23-13)17-7-8-17)27-12-15-3-5-16(6-4-15)14(2)19-11-21(25)24(28)22(19)26/h3-6,9-10,14,17,19H,7-8,11-12,28H2,1-2H3. The van der Waals surface area contributed by atoms with Crippen LogP contribution in [0.1, 0.15) is 60.5 Å². The zero-order chi connectivity index (χ0) is 19.8. The van der Waals surface area contributed by atoms with Gasteiger partial charge in [-0.2, -0.15) is 0 Å². The van der Waals surface area contributed by atoms with Crippen LogP contribution in [0, 0.1) is 12.8 Å².